The summed E-state index contributed by atoms with van der Waals surface area (Å²) >= 11 is 0. The Labute approximate surface area is 157 Å². The van der Waals surface area contributed by atoms with Crippen LogP contribution in [0.1, 0.15) is 29.8 Å². The zero-order chi connectivity index (χ0) is 18.2. The van der Waals surface area contributed by atoms with E-state index in [4.69, 9.17) is 4.42 Å². The van der Waals surface area contributed by atoms with Gasteiger partial charge in [0, 0.05) is 38.1 Å². The topological polar surface area (TPSA) is 75.4 Å². The summed E-state index contributed by atoms with van der Waals surface area (Å²) in [7, 11) is 0. The summed E-state index contributed by atoms with van der Waals surface area (Å²) in [6.45, 7) is 2.59. The summed E-state index contributed by atoms with van der Waals surface area (Å²) in [5.41, 5.74) is 1.49. The van der Waals surface area contributed by atoms with Gasteiger partial charge in [0.1, 0.15) is 11.3 Å². The standard InChI is InChI=1S/C20H21N5O2/c26-20(17-4-2-12-27-17)25-10-1-3-14-13-24(11-7-16(14)25)18-6-5-15-19(23-18)22-9-8-21-15/h2,4-6,8-9,12,14,16H,1,3,7,10-11,13H2. The van der Waals surface area contributed by atoms with Crippen molar-refractivity contribution < 1.29 is 9.21 Å². The van der Waals surface area contributed by atoms with Crippen molar-refractivity contribution in [2.45, 2.75) is 25.3 Å². The first kappa shape index (κ1) is 16.2. The van der Waals surface area contributed by atoms with Crippen molar-refractivity contribution in [3.05, 3.63) is 48.7 Å². The molecule has 1 amide bonds. The number of fused-ring (bicyclic) bond motifs is 2. The summed E-state index contributed by atoms with van der Waals surface area (Å²) in [5.74, 6) is 1.84. The Morgan fingerprint density at radius 3 is 2.93 bits per heavy atom. The van der Waals surface area contributed by atoms with Crippen LogP contribution in [-0.2, 0) is 0 Å². The molecular weight excluding hydrogens is 342 g/mol. The van der Waals surface area contributed by atoms with E-state index in [2.05, 4.69) is 19.9 Å². The number of hydrogen-bond donors (Lipinski definition) is 0. The lowest BCUT2D eigenvalue weighted by Gasteiger charge is -2.47. The van der Waals surface area contributed by atoms with E-state index in [1.54, 1.807) is 30.8 Å². The van der Waals surface area contributed by atoms with Crippen LogP contribution in [0.15, 0.2) is 47.3 Å². The molecule has 2 saturated heterocycles. The summed E-state index contributed by atoms with van der Waals surface area (Å²) in [6, 6.07) is 7.79. The van der Waals surface area contributed by atoms with Gasteiger partial charge in [-0.25, -0.2) is 9.97 Å². The zero-order valence-corrected chi connectivity index (χ0v) is 15.0. The third kappa shape index (κ3) is 2.93. The first-order chi connectivity index (χ1) is 13.3. The minimum absolute atomic E-state index is 0.0160. The van der Waals surface area contributed by atoms with E-state index in [1.807, 2.05) is 17.0 Å². The molecule has 2 unspecified atom stereocenters. The molecule has 3 aromatic rings. The van der Waals surface area contributed by atoms with Gasteiger partial charge in [0.25, 0.3) is 5.91 Å². The van der Waals surface area contributed by atoms with Crippen molar-refractivity contribution in [2.24, 2.45) is 5.92 Å². The van der Waals surface area contributed by atoms with E-state index in [9.17, 15) is 4.79 Å². The Morgan fingerprint density at radius 1 is 1.11 bits per heavy atom. The first-order valence-electron chi connectivity index (χ1n) is 9.47. The van der Waals surface area contributed by atoms with Crippen LogP contribution in [0.5, 0.6) is 0 Å². The minimum Gasteiger partial charge on any atom is -0.459 e. The fraction of sp³-hybridized carbons (Fsp3) is 0.400. The smallest absolute Gasteiger partial charge is 0.289 e. The van der Waals surface area contributed by atoms with E-state index in [0.717, 1.165) is 50.2 Å². The third-order valence-electron chi connectivity index (χ3n) is 5.70. The second kappa shape index (κ2) is 6.64. The summed E-state index contributed by atoms with van der Waals surface area (Å²) in [5, 5.41) is 0. The second-order valence-electron chi connectivity index (χ2n) is 7.25. The van der Waals surface area contributed by atoms with Gasteiger partial charge in [0.05, 0.1) is 6.26 Å². The number of anilines is 1. The van der Waals surface area contributed by atoms with E-state index < -0.39 is 0 Å². The fourth-order valence-electron chi connectivity index (χ4n) is 4.43. The highest BCUT2D eigenvalue weighted by molar-refractivity contribution is 5.91. The highest BCUT2D eigenvalue weighted by atomic mass is 16.3. The molecule has 138 valence electrons. The minimum atomic E-state index is 0.0160. The van der Waals surface area contributed by atoms with Crippen molar-refractivity contribution in [3.63, 3.8) is 0 Å². The summed E-state index contributed by atoms with van der Waals surface area (Å²) < 4.78 is 5.34. The number of furan rings is 1. The number of carbonyl (C=O) groups excluding carboxylic acids is 1. The fourth-order valence-corrected chi connectivity index (χ4v) is 4.43. The van der Waals surface area contributed by atoms with Gasteiger partial charge >= 0.3 is 0 Å². The molecule has 5 heterocycles. The molecule has 0 spiro atoms. The Kier molecular flexibility index (Phi) is 3.99. The quantitative estimate of drug-likeness (QED) is 0.697. The second-order valence-corrected chi connectivity index (χ2v) is 7.25. The maximum absolute atomic E-state index is 12.8. The summed E-state index contributed by atoms with van der Waals surface area (Å²) in [6.07, 6.45) is 8.02. The Hall–Kier alpha value is -2.96. The van der Waals surface area contributed by atoms with Gasteiger partial charge in [-0.2, -0.15) is 0 Å². The molecule has 0 saturated carbocycles. The Morgan fingerprint density at radius 2 is 2.04 bits per heavy atom. The van der Waals surface area contributed by atoms with E-state index in [-0.39, 0.29) is 11.9 Å². The van der Waals surface area contributed by atoms with Crippen LogP contribution in [-0.4, -0.2) is 51.4 Å². The number of pyridine rings is 1. The molecule has 0 radical (unpaired) electrons. The van der Waals surface area contributed by atoms with Gasteiger partial charge in [-0.3, -0.25) is 9.78 Å². The average Bonchev–Trinajstić information content (AvgIpc) is 3.27. The molecule has 0 bridgehead atoms. The number of rotatable bonds is 2. The van der Waals surface area contributed by atoms with Gasteiger partial charge in [-0.05, 0) is 49.4 Å². The van der Waals surface area contributed by atoms with E-state index in [0.29, 0.717) is 17.3 Å². The van der Waals surface area contributed by atoms with Crippen LogP contribution in [0.3, 0.4) is 0 Å². The largest absolute Gasteiger partial charge is 0.459 e. The molecular formula is C20H21N5O2. The van der Waals surface area contributed by atoms with Gasteiger partial charge in [0.2, 0.25) is 0 Å². The molecule has 2 aliphatic heterocycles. The molecule has 2 aliphatic rings. The molecule has 2 atom stereocenters. The molecule has 27 heavy (non-hydrogen) atoms. The maximum Gasteiger partial charge on any atom is 0.289 e. The van der Waals surface area contributed by atoms with Crippen LogP contribution in [0.25, 0.3) is 11.2 Å². The van der Waals surface area contributed by atoms with Gasteiger partial charge in [-0.15, -0.1) is 0 Å². The van der Waals surface area contributed by atoms with Crippen LogP contribution in [0, 0.1) is 5.92 Å². The highest BCUT2D eigenvalue weighted by Crippen LogP contribution is 2.33. The lowest BCUT2D eigenvalue weighted by Crippen LogP contribution is -2.56. The molecule has 7 nitrogen and oxygen atoms in total. The predicted octanol–water partition coefficient (Wildman–Crippen LogP) is 2.75. The zero-order valence-electron chi connectivity index (χ0n) is 15.0. The monoisotopic (exact) mass is 363 g/mol. The Balaban J connectivity index is 1.35. The van der Waals surface area contributed by atoms with Crippen molar-refractivity contribution >= 4 is 22.9 Å². The number of amides is 1. The van der Waals surface area contributed by atoms with Gasteiger partial charge in [-0.1, -0.05) is 0 Å². The van der Waals surface area contributed by atoms with Crippen LogP contribution in [0.4, 0.5) is 5.82 Å². The third-order valence-corrected chi connectivity index (χ3v) is 5.70. The number of carbonyl (C=O) groups is 1. The summed E-state index contributed by atoms with van der Waals surface area (Å²) in [4.78, 5) is 30.4. The van der Waals surface area contributed by atoms with Crippen molar-refractivity contribution in [1.29, 1.82) is 0 Å². The lowest BCUT2D eigenvalue weighted by molar-refractivity contribution is 0.0418. The molecule has 0 N–H and O–H groups in total. The number of hydrogen-bond acceptors (Lipinski definition) is 6. The maximum atomic E-state index is 12.8. The predicted molar refractivity (Wildman–Crippen MR) is 100 cm³/mol. The molecule has 0 aromatic carbocycles. The lowest BCUT2D eigenvalue weighted by atomic mass is 9.83. The first-order valence-corrected chi connectivity index (χ1v) is 9.47. The number of likely N-dealkylation sites (tertiary alicyclic amines) is 1. The van der Waals surface area contributed by atoms with Crippen molar-refractivity contribution in [2.75, 3.05) is 24.5 Å². The van der Waals surface area contributed by atoms with Crippen molar-refractivity contribution in [3.8, 4) is 0 Å². The van der Waals surface area contributed by atoms with Crippen LogP contribution < -0.4 is 4.90 Å². The SMILES string of the molecule is O=C(c1ccco1)N1CCCC2CN(c3ccc4nccnc4n3)CCC21. The van der Waals surface area contributed by atoms with E-state index in [1.165, 1.54) is 0 Å². The molecule has 0 aliphatic carbocycles. The van der Waals surface area contributed by atoms with E-state index >= 15 is 0 Å². The normalized spacial score (nSPS) is 22.7. The molecule has 3 aromatic heterocycles. The van der Waals surface area contributed by atoms with Gasteiger partial charge < -0.3 is 14.2 Å². The van der Waals surface area contributed by atoms with Gasteiger partial charge in [0.15, 0.2) is 11.4 Å². The Bertz CT molecular complexity index is 958. The molecule has 7 heteroatoms. The molecule has 5 rings (SSSR count). The van der Waals surface area contributed by atoms with Crippen LogP contribution in [0.2, 0.25) is 0 Å². The number of aromatic nitrogens is 3. The van der Waals surface area contributed by atoms with Crippen LogP contribution >= 0.6 is 0 Å². The molecule has 2 fully saturated rings. The average molecular weight is 363 g/mol. The highest BCUT2D eigenvalue weighted by Gasteiger charge is 2.39. The van der Waals surface area contributed by atoms with Crippen molar-refractivity contribution in [1.82, 2.24) is 19.9 Å². The number of piperidine rings is 2. The number of nitrogens with zero attached hydrogens (tertiary/aromatic N) is 5.